The van der Waals surface area contributed by atoms with Crippen LogP contribution in [0.5, 0.6) is 11.5 Å². The van der Waals surface area contributed by atoms with Crippen molar-refractivity contribution in [1.29, 1.82) is 0 Å². The molecule has 0 saturated carbocycles. The van der Waals surface area contributed by atoms with Gasteiger partial charge in [-0.25, -0.2) is 4.98 Å². The number of ether oxygens (including phenoxy) is 2. The standard InChI is InChI=1S/C23H23N5O4/c1-30-18-6-5-14(10-20(18)31-2)21-15(11-24-27-21)12-28-8-7-17-16(13-28)23(29)26-22(25-17)19-4-3-9-32-19/h3-6,9-11H,7-8,12-13H2,1-2H3,(H,24,27)(H,25,26,29). The van der Waals surface area contributed by atoms with Crippen LogP contribution in [0.2, 0.25) is 0 Å². The average molecular weight is 433 g/mol. The lowest BCUT2D eigenvalue weighted by atomic mass is 10.0. The first-order valence-corrected chi connectivity index (χ1v) is 10.3. The minimum absolute atomic E-state index is 0.126. The van der Waals surface area contributed by atoms with Gasteiger partial charge in [-0.15, -0.1) is 0 Å². The van der Waals surface area contributed by atoms with E-state index in [4.69, 9.17) is 13.9 Å². The molecule has 5 rings (SSSR count). The largest absolute Gasteiger partial charge is 0.493 e. The number of methoxy groups -OCH3 is 2. The van der Waals surface area contributed by atoms with Gasteiger partial charge < -0.3 is 18.9 Å². The van der Waals surface area contributed by atoms with E-state index >= 15 is 0 Å². The van der Waals surface area contributed by atoms with Crippen LogP contribution < -0.4 is 15.0 Å². The Labute approximate surface area is 184 Å². The Balaban J connectivity index is 1.38. The third-order valence-electron chi connectivity index (χ3n) is 5.69. The quantitative estimate of drug-likeness (QED) is 0.481. The molecule has 0 amide bonds. The van der Waals surface area contributed by atoms with Crippen molar-refractivity contribution in [2.45, 2.75) is 19.5 Å². The number of furan rings is 1. The summed E-state index contributed by atoms with van der Waals surface area (Å²) in [6, 6.07) is 9.32. The number of nitrogens with zero attached hydrogens (tertiary/aromatic N) is 3. The molecule has 4 aromatic rings. The Hall–Kier alpha value is -3.85. The number of fused-ring (bicyclic) bond motifs is 1. The van der Waals surface area contributed by atoms with E-state index in [-0.39, 0.29) is 5.56 Å². The van der Waals surface area contributed by atoms with Crippen LogP contribution in [0.3, 0.4) is 0 Å². The first-order chi connectivity index (χ1) is 15.7. The highest BCUT2D eigenvalue weighted by Crippen LogP contribution is 2.33. The lowest BCUT2D eigenvalue weighted by molar-refractivity contribution is 0.242. The van der Waals surface area contributed by atoms with E-state index in [0.29, 0.717) is 48.2 Å². The zero-order chi connectivity index (χ0) is 22.1. The second-order valence-corrected chi connectivity index (χ2v) is 7.62. The Morgan fingerprint density at radius 2 is 2.06 bits per heavy atom. The summed E-state index contributed by atoms with van der Waals surface area (Å²) < 4.78 is 16.1. The average Bonchev–Trinajstić information content (AvgIpc) is 3.51. The van der Waals surface area contributed by atoms with Crippen LogP contribution in [-0.2, 0) is 19.5 Å². The number of rotatable bonds is 6. The van der Waals surface area contributed by atoms with Gasteiger partial charge in [-0.2, -0.15) is 5.10 Å². The molecule has 4 heterocycles. The van der Waals surface area contributed by atoms with Gasteiger partial charge in [-0.3, -0.25) is 14.8 Å². The molecule has 9 nitrogen and oxygen atoms in total. The van der Waals surface area contributed by atoms with Crippen molar-refractivity contribution >= 4 is 0 Å². The molecular weight excluding hydrogens is 410 g/mol. The maximum absolute atomic E-state index is 12.7. The molecule has 0 unspecified atom stereocenters. The molecule has 0 spiro atoms. The maximum Gasteiger partial charge on any atom is 0.256 e. The predicted molar refractivity (Wildman–Crippen MR) is 118 cm³/mol. The van der Waals surface area contributed by atoms with Crippen LogP contribution in [0.4, 0.5) is 0 Å². The Morgan fingerprint density at radius 3 is 2.84 bits per heavy atom. The molecule has 0 radical (unpaired) electrons. The highest BCUT2D eigenvalue weighted by atomic mass is 16.5. The van der Waals surface area contributed by atoms with Gasteiger partial charge in [0.15, 0.2) is 23.1 Å². The van der Waals surface area contributed by atoms with E-state index in [9.17, 15) is 4.79 Å². The van der Waals surface area contributed by atoms with Crippen LogP contribution in [0.25, 0.3) is 22.8 Å². The van der Waals surface area contributed by atoms with Gasteiger partial charge in [0.25, 0.3) is 5.56 Å². The van der Waals surface area contributed by atoms with Crippen molar-refractivity contribution in [2.24, 2.45) is 0 Å². The van der Waals surface area contributed by atoms with E-state index in [1.807, 2.05) is 24.4 Å². The third kappa shape index (κ3) is 3.67. The number of aromatic nitrogens is 4. The lowest BCUT2D eigenvalue weighted by Crippen LogP contribution is -2.35. The number of hydrogen-bond acceptors (Lipinski definition) is 7. The summed E-state index contributed by atoms with van der Waals surface area (Å²) in [4.78, 5) is 22.4. The normalized spacial score (nSPS) is 13.7. The van der Waals surface area contributed by atoms with E-state index in [0.717, 1.165) is 29.1 Å². The minimum atomic E-state index is -0.126. The predicted octanol–water partition coefficient (Wildman–Crippen LogP) is 3.00. The van der Waals surface area contributed by atoms with Gasteiger partial charge in [0.05, 0.1) is 43.6 Å². The van der Waals surface area contributed by atoms with Gasteiger partial charge in [-0.05, 0) is 30.3 Å². The van der Waals surface area contributed by atoms with Gasteiger partial charge in [0.2, 0.25) is 0 Å². The summed E-state index contributed by atoms with van der Waals surface area (Å²) in [5.74, 6) is 2.36. The molecule has 0 aliphatic carbocycles. The van der Waals surface area contributed by atoms with Gasteiger partial charge in [-0.1, -0.05) is 0 Å². The molecule has 1 aromatic carbocycles. The zero-order valence-electron chi connectivity index (χ0n) is 17.8. The molecular formula is C23H23N5O4. The van der Waals surface area contributed by atoms with E-state index in [2.05, 4.69) is 25.1 Å². The van der Waals surface area contributed by atoms with Gasteiger partial charge in [0, 0.05) is 37.2 Å². The molecule has 2 N–H and O–H groups in total. The fourth-order valence-corrected chi connectivity index (χ4v) is 4.06. The summed E-state index contributed by atoms with van der Waals surface area (Å²) in [6.07, 6.45) is 4.08. The highest BCUT2D eigenvalue weighted by molar-refractivity contribution is 5.66. The molecule has 0 atom stereocenters. The van der Waals surface area contributed by atoms with Crippen molar-refractivity contribution in [2.75, 3.05) is 20.8 Å². The highest BCUT2D eigenvalue weighted by Gasteiger charge is 2.23. The number of hydrogen-bond donors (Lipinski definition) is 2. The first kappa shape index (κ1) is 20.1. The molecule has 0 saturated heterocycles. The van der Waals surface area contributed by atoms with Gasteiger partial charge in [0.1, 0.15) is 0 Å². The summed E-state index contributed by atoms with van der Waals surface area (Å²) >= 11 is 0. The minimum Gasteiger partial charge on any atom is -0.493 e. The summed E-state index contributed by atoms with van der Waals surface area (Å²) in [7, 11) is 3.23. The fourth-order valence-electron chi connectivity index (χ4n) is 4.06. The topological polar surface area (TPSA) is 109 Å². The third-order valence-corrected chi connectivity index (χ3v) is 5.69. The second-order valence-electron chi connectivity index (χ2n) is 7.62. The van der Waals surface area contributed by atoms with Crippen LogP contribution in [0, 0.1) is 0 Å². The van der Waals surface area contributed by atoms with Crippen LogP contribution in [0.15, 0.2) is 52.0 Å². The molecule has 9 heteroatoms. The van der Waals surface area contributed by atoms with Crippen molar-refractivity contribution in [1.82, 2.24) is 25.1 Å². The number of aromatic amines is 2. The van der Waals surface area contributed by atoms with Crippen molar-refractivity contribution in [3.63, 3.8) is 0 Å². The fraction of sp³-hybridized carbons (Fsp3) is 0.261. The SMILES string of the molecule is COc1ccc(-c2[nH]ncc2CN2CCc3nc(-c4ccco4)[nH]c(=O)c3C2)cc1OC. The van der Waals surface area contributed by atoms with Crippen molar-refractivity contribution in [3.8, 4) is 34.3 Å². The number of nitrogens with one attached hydrogen (secondary N) is 2. The van der Waals surface area contributed by atoms with E-state index in [1.165, 1.54) is 0 Å². The summed E-state index contributed by atoms with van der Waals surface area (Å²) in [5.41, 5.74) is 4.30. The number of H-pyrrole nitrogens is 2. The molecule has 1 aliphatic rings. The molecule has 1 aliphatic heterocycles. The van der Waals surface area contributed by atoms with Crippen molar-refractivity contribution < 1.29 is 13.9 Å². The molecule has 0 fully saturated rings. The van der Waals surface area contributed by atoms with E-state index in [1.54, 1.807) is 32.6 Å². The first-order valence-electron chi connectivity index (χ1n) is 10.3. The lowest BCUT2D eigenvalue weighted by Gasteiger charge is -2.27. The molecule has 32 heavy (non-hydrogen) atoms. The maximum atomic E-state index is 12.7. The summed E-state index contributed by atoms with van der Waals surface area (Å²) in [5, 5.41) is 7.34. The second kappa shape index (κ2) is 8.35. The Morgan fingerprint density at radius 1 is 1.19 bits per heavy atom. The molecule has 3 aromatic heterocycles. The van der Waals surface area contributed by atoms with Crippen LogP contribution in [-0.4, -0.2) is 45.8 Å². The van der Waals surface area contributed by atoms with Gasteiger partial charge >= 0.3 is 0 Å². The molecule has 164 valence electrons. The van der Waals surface area contributed by atoms with Crippen molar-refractivity contribution in [3.05, 3.63) is 70.0 Å². The monoisotopic (exact) mass is 433 g/mol. The Bertz CT molecular complexity index is 1290. The van der Waals surface area contributed by atoms with Crippen LogP contribution in [0.1, 0.15) is 16.8 Å². The number of benzene rings is 1. The molecule has 0 bridgehead atoms. The smallest absolute Gasteiger partial charge is 0.256 e. The summed E-state index contributed by atoms with van der Waals surface area (Å²) in [6.45, 7) is 1.96. The Kier molecular flexibility index (Phi) is 5.24. The zero-order valence-corrected chi connectivity index (χ0v) is 17.8. The van der Waals surface area contributed by atoms with E-state index < -0.39 is 0 Å². The van der Waals surface area contributed by atoms with Crippen LogP contribution >= 0.6 is 0 Å².